The zero-order chi connectivity index (χ0) is 12.2. The summed E-state index contributed by atoms with van der Waals surface area (Å²) < 4.78 is 38.8. The predicted octanol–water partition coefficient (Wildman–Crippen LogP) is 1.49. The summed E-state index contributed by atoms with van der Waals surface area (Å²) in [6, 6.07) is 2.63. The maximum Gasteiger partial charge on any atom is 0.422 e. The standard InChI is InChI=1S/C8H7F3N2O3/c9-8(10,11)4-16-7(15)13-5-2-1-3-12-6(5)14/h1-3H,4H2,(H,12,14)(H,13,15). The smallest absolute Gasteiger partial charge is 0.422 e. The van der Waals surface area contributed by atoms with Crippen molar-refractivity contribution in [1.82, 2.24) is 4.98 Å². The Bertz CT molecular complexity index is 427. The van der Waals surface area contributed by atoms with Crippen LogP contribution in [0.2, 0.25) is 0 Å². The maximum absolute atomic E-state index is 11.7. The van der Waals surface area contributed by atoms with Crippen molar-refractivity contribution in [2.24, 2.45) is 0 Å². The summed E-state index contributed by atoms with van der Waals surface area (Å²) >= 11 is 0. The van der Waals surface area contributed by atoms with E-state index in [4.69, 9.17) is 0 Å². The number of anilines is 1. The van der Waals surface area contributed by atoms with Gasteiger partial charge in [-0.1, -0.05) is 0 Å². The SMILES string of the molecule is O=C(Nc1ccc[nH]c1=O)OCC(F)(F)F. The first-order valence-corrected chi connectivity index (χ1v) is 4.07. The number of amides is 1. The van der Waals surface area contributed by atoms with Gasteiger partial charge >= 0.3 is 12.3 Å². The fraction of sp³-hybridized carbons (Fsp3) is 0.250. The van der Waals surface area contributed by atoms with Crippen molar-refractivity contribution in [2.45, 2.75) is 6.18 Å². The Kier molecular flexibility index (Phi) is 3.54. The van der Waals surface area contributed by atoms with Crippen molar-refractivity contribution in [2.75, 3.05) is 11.9 Å². The van der Waals surface area contributed by atoms with Crippen LogP contribution in [0.3, 0.4) is 0 Å². The Morgan fingerprint density at radius 1 is 1.50 bits per heavy atom. The van der Waals surface area contributed by atoms with Crippen LogP contribution in [0.25, 0.3) is 0 Å². The first-order valence-electron chi connectivity index (χ1n) is 4.07. The van der Waals surface area contributed by atoms with Gasteiger partial charge in [-0.05, 0) is 12.1 Å². The molecule has 1 aromatic heterocycles. The molecule has 1 aromatic rings. The lowest BCUT2D eigenvalue weighted by Gasteiger charge is -2.08. The maximum atomic E-state index is 11.7. The van der Waals surface area contributed by atoms with Crippen LogP contribution >= 0.6 is 0 Å². The summed E-state index contributed by atoms with van der Waals surface area (Å²) in [5.41, 5.74) is -0.818. The van der Waals surface area contributed by atoms with Crippen LogP contribution in [-0.2, 0) is 4.74 Å². The molecule has 0 aliphatic rings. The lowest BCUT2D eigenvalue weighted by Crippen LogP contribution is -2.25. The normalized spacial score (nSPS) is 10.9. The van der Waals surface area contributed by atoms with E-state index in [0.29, 0.717) is 0 Å². The van der Waals surface area contributed by atoms with Crippen LogP contribution < -0.4 is 10.9 Å². The highest BCUT2D eigenvalue weighted by Gasteiger charge is 2.29. The average molecular weight is 236 g/mol. The van der Waals surface area contributed by atoms with Crippen LogP contribution in [0.5, 0.6) is 0 Å². The largest absolute Gasteiger partial charge is 0.440 e. The van der Waals surface area contributed by atoms with Gasteiger partial charge in [0.25, 0.3) is 5.56 Å². The molecule has 0 saturated carbocycles. The third-order valence-corrected chi connectivity index (χ3v) is 1.42. The minimum Gasteiger partial charge on any atom is -0.440 e. The molecule has 0 spiro atoms. The Morgan fingerprint density at radius 3 is 2.75 bits per heavy atom. The number of hydrogen-bond donors (Lipinski definition) is 2. The molecule has 88 valence electrons. The number of rotatable bonds is 2. The molecule has 16 heavy (non-hydrogen) atoms. The van der Waals surface area contributed by atoms with Gasteiger partial charge in [0.1, 0.15) is 5.69 Å². The highest BCUT2D eigenvalue weighted by atomic mass is 19.4. The molecule has 0 saturated heterocycles. The monoisotopic (exact) mass is 236 g/mol. The number of pyridine rings is 1. The molecule has 0 aliphatic carbocycles. The highest BCUT2D eigenvalue weighted by Crippen LogP contribution is 2.14. The summed E-state index contributed by atoms with van der Waals surface area (Å²) in [5, 5.41) is 1.88. The van der Waals surface area contributed by atoms with Gasteiger partial charge in [-0.25, -0.2) is 4.79 Å². The van der Waals surface area contributed by atoms with Gasteiger partial charge in [0, 0.05) is 6.20 Å². The van der Waals surface area contributed by atoms with Crippen molar-refractivity contribution in [3.8, 4) is 0 Å². The van der Waals surface area contributed by atoms with Crippen molar-refractivity contribution in [3.63, 3.8) is 0 Å². The number of carbonyl (C=O) groups is 1. The van der Waals surface area contributed by atoms with Gasteiger partial charge in [-0.15, -0.1) is 0 Å². The highest BCUT2D eigenvalue weighted by molar-refractivity contribution is 5.84. The summed E-state index contributed by atoms with van der Waals surface area (Å²) in [6.07, 6.45) is -4.62. The molecule has 1 heterocycles. The van der Waals surface area contributed by atoms with Crippen molar-refractivity contribution in [3.05, 3.63) is 28.7 Å². The predicted molar refractivity (Wildman–Crippen MR) is 48.1 cm³/mol. The third-order valence-electron chi connectivity index (χ3n) is 1.42. The topological polar surface area (TPSA) is 71.2 Å². The van der Waals surface area contributed by atoms with Crippen LogP contribution in [0.4, 0.5) is 23.7 Å². The lowest BCUT2D eigenvalue weighted by atomic mass is 10.4. The average Bonchev–Trinajstić information content (AvgIpc) is 2.18. The van der Waals surface area contributed by atoms with Crippen LogP contribution in [-0.4, -0.2) is 23.9 Å². The molecule has 0 atom stereocenters. The van der Waals surface area contributed by atoms with E-state index in [0.717, 1.165) is 0 Å². The van der Waals surface area contributed by atoms with E-state index >= 15 is 0 Å². The summed E-state index contributed by atoms with van der Waals surface area (Å²) in [4.78, 5) is 24.1. The van der Waals surface area contributed by atoms with Gasteiger partial charge in [0.05, 0.1) is 0 Å². The second-order valence-electron chi connectivity index (χ2n) is 2.73. The first kappa shape index (κ1) is 12.1. The molecule has 0 aliphatic heterocycles. The zero-order valence-corrected chi connectivity index (χ0v) is 7.80. The Hall–Kier alpha value is -1.99. The Labute approximate surface area is 87.2 Å². The summed E-state index contributed by atoms with van der Waals surface area (Å²) in [5.74, 6) is 0. The number of alkyl halides is 3. The molecule has 0 radical (unpaired) electrons. The molecule has 2 N–H and O–H groups in total. The molecule has 0 aromatic carbocycles. The van der Waals surface area contributed by atoms with E-state index in [9.17, 15) is 22.8 Å². The molecular weight excluding hydrogens is 229 g/mol. The lowest BCUT2D eigenvalue weighted by molar-refractivity contribution is -0.159. The molecule has 5 nitrogen and oxygen atoms in total. The van der Waals surface area contributed by atoms with Crippen molar-refractivity contribution in [1.29, 1.82) is 0 Å². The number of nitrogens with one attached hydrogen (secondary N) is 2. The number of halogens is 3. The third kappa shape index (κ3) is 4.03. The van der Waals surface area contributed by atoms with Crippen LogP contribution in [0.1, 0.15) is 0 Å². The number of H-pyrrole nitrogens is 1. The summed E-state index contributed by atoms with van der Waals surface area (Å²) in [6.45, 7) is -1.70. The molecule has 0 unspecified atom stereocenters. The van der Waals surface area contributed by atoms with Crippen LogP contribution in [0, 0.1) is 0 Å². The van der Waals surface area contributed by atoms with Gasteiger partial charge in [-0.3, -0.25) is 10.1 Å². The first-order chi connectivity index (χ1) is 7.38. The second kappa shape index (κ2) is 4.69. The van der Waals surface area contributed by atoms with E-state index < -0.39 is 24.4 Å². The van der Waals surface area contributed by atoms with Gasteiger partial charge in [-0.2, -0.15) is 13.2 Å². The van der Waals surface area contributed by atoms with Crippen molar-refractivity contribution < 1.29 is 22.7 Å². The van der Waals surface area contributed by atoms with E-state index in [-0.39, 0.29) is 5.69 Å². The number of aromatic amines is 1. The van der Waals surface area contributed by atoms with Gasteiger partial charge in [0.15, 0.2) is 6.61 Å². The Morgan fingerprint density at radius 2 is 2.19 bits per heavy atom. The summed E-state index contributed by atoms with van der Waals surface area (Å²) in [7, 11) is 0. The fourth-order valence-electron chi connectivity index (χ4n) is 0.813. The Balaban J connectivity index is 2.53. The number of ether oxygens (including phenoxy) is 1. The zero-order valence-electron chi connectivity index (χ0n) is 7.80. The van der Waals surface area contributed by atoms with E-state index in [2.05, 4.69) is 9.72 Å². The quantitative estimate of drug-likeness (QED) is 0.817. The van der Waals surface area contributed by atoms with Crippen LogP contribution in [0.15, 0.2) is 23.1 Å². The van der Waals surface area contributed by atoms with E-state index in [1.807, 2.05) is 5.32 Å². The molecule has 0 fully saturated rings. The van der Waals surface area contributed by atoms with Gasteiger partial charge in [0.2, 0.25) is 0 Å². The number of aromatic nitrogens is 1. The molecule has 1 rings (SSSR count). The molecule has 0 bridgehead atoms. The minimum absolute atomic E-state index is 0.185. The van der Waals surface area contributed by atoms with Crippen molar-refractivity contribution >= 4 is 11.8 Å². The number of hydrogen-bond acceptors (Lipinski definition) is 3. The van der Waals surface area contributed by atoms with E-state index in [1.54, 1.807) is 0 Å². The second-order valence-corrected chi connectivity index (χ2v) is 2.73. The van der Waals surface area contributed by atoms with E-state index in [1.165, 1.54) is 18.3 Å². The minimum atomic E-state index is -4.60. The van der Waals surface area contributed by atoms with Gasteiger partial charge < -0.3 is 9.72 Å². The molecule has 1 amide bonds. The molecular formula is C8H7F3N2O3. The number of carbonyl (C=O) groups excluding carboxylic acids is 1. The molecule has 8 heteroatoms. The fourth-order valence-corrected chi connectivity index (χ4v) is 0.813.